The molecule has 1 atom stereocenters. The number of rotatable bonds is 8. The van der Waals surface area contributed by atoms with Gasteiger partial charge in [0.15, 0.2) is 0 Å². The van der Waals surface area contributed by atoms with Gasteiger partial charge < -0.3 is 9.30 Å². The van der Waals surface area contributed by atoms with E-state index in [-0.39, 0.29) is 6.23 Å². The quantitative estimate of drug-likeness (QED) is 0.154. The van der Waals surface area contributed by atoms with Crippen LogP contribution in [0.15, 0.2) is 230 Å². The van der Waals surface area contributed by atoms with Gasteiger partial charge in [-0.25, -0.2) is 0 Å². The molecule has 0 bridgehead atoms. The van der Waals surface area contributed by atoms with E-state index in [0.29, 0.717) is 5.90 Å². The molecule has 9 aromatic carbocycles. The minimum atomic E-state index is -0.286. The molecule has 1 aliphatic heterocycles. The summed E-state index contributed by atoms with van der Waals surface area (Å²) in [4.78, 5) is 0. The van der Waals surface area contributed by atoms with Gasteiger partial charge in [-0.1, -0.05) is 176 Å². The highest BCUT2D eigenvalue weighted by Gasteiger charge is 2.27. The van der Waals surface area contributed by atoms with Gasteiger partial charge >= 0.3 is 0 Å². The maximum Gasteiger partial charge on any atom is 0.240 e. The summed E-state index contributed by atoms with van der Waals surface area (Å²) in [6.07, 6.45) is -0.286. The van der Waals surface area contributed by atoms with Crippen molar-refractivity contribution in [3.8, 4) is 61.3 Å². The van der Waals surface area contributed by atoms with Crippen LogP contribution in [0.25, 0.3) is 83.1 Å². The number of ether oxygens (including phenoxy) is 1. The van der Waals surface area contributed by atoms with Crippen LogP contribution in [0.4, 0.5) is 0 Å². The fraction of sp³-hybridized carbons (Fsp3) is 0.0351. The fourth-order valence-corrected chi connectivity index (χ4v) is 8.89. The number of hydrogen-bond acceptors (Lipinski definition) is 3. The zero-order chi connectivity index (χ0) is 40.7. The Labute approximate surface area is 355 Å². The summed E-state index contributed by atoms with van der Waals surface area (Å²) in [6, 6.07) is 80.3. The first-order chi connectivity index (χ1) is 30.2. The van der Waals surface area contributed by atoms with Crippen molar-refractivity contribution in [2.75, 3.05) is 7.05 Å². The average Bonchev–Trinajstić information content (AvgIpc) is 3.90. The van der Waals surface area contributed by atoms with E-state index in [1.807, 2.05) is 42.4 Å². The van der Waals surface area contributed by atoms with Crippen molar-refractivity contribution in [2.24, 2.45) is 5.10 Å². The standard InChI is InChI=1S/C57H41N3O/c1-59-57(61-56(58-59)42-17-6-3-7-18-42)43-29-27-40(28-30-43)48-21-8-10-23-50(48)51-24-11-9-22-49(51)41-31-34-47(35-32-41)60-54-26-13-12-25-52(54)53-38-46(33-36-55(53)60)45-20-14-19-44(37-45)39-15-4-2-5-16-39/h2-38,57H,1H3. The minimum Gasteiger partial charge on any atom is -0.446 e. The highest BCUT2D eigenvalue weighted by Crippen LogP contribution is 2.41. The monoisotopic (exact) mass is 783 g/mol. The molecule has 1 aromatic heterocycles. The molecule has 0 fully saturated rings. The van der Waals surface area contributed by atoms with Crippen LogP contribution in [0.5, 0.6) is 0 Å². The highest BCUT2D eigenvalue weighted by atomic mass is 16.5. The van der Waals surface area contributed by atoms with Gasteiger partial charge in [-0.3, -0.25) is 5.01 Å². The number of para-hydroxylation sites is 1. The smallest absolute Gasteiger partial charge is 0.240 e. The van der Waals surface area contributed by atoms with Gasteiger partial charge in [-0.2, -0.15) is 0 Å². The van der Waals surface area contributed by atoms with Crippen molar-refractivity contribution in [2.45, 2.75) is 6.23 Å². The Morgan fingerprint density at radius 3 is 1.54 bits per heavy atom. The summed E-state index contributed by atoms with van der Waals surface area (Å²) >= 11 is 0. The lowest BCUT2D eigenvalue weighted by molar-refractivity contribution is 0.0780. The lowest BCUT2D eigenvalue weighted by Crippen LogP contribution is -2.15. The Morgan fingerprint density at radius 2 is 0.869 bits per heavy atom. The van der Waals surface area contributed by atoms with Gasteiger partial charge in [0, 0.05) is 34.6 Å². The van der Waals surface area contributed by atoms with Crippen LogP contribution in [0, 0.1) is 0 Å². The molecule has 0 saturated heterocycles. The van der Waals surface area contributed by atoms with Gasteiger partial charge in [0.1, 0.15) is 0 Å². The Bertz CT molecular complexity index is 3220. The van der Waals surface area contributed by atoms with Crippen LogP contribution in [-0.2, 0) is 4.74 Å². The van der Waals surface area contributed by atoms with E-state index in [1.165, 1.54) is 71.9 Å². The maximum absolute atomic E-state index is 6.34. The first-order valence-electron chi connectivity index (χ1n) is 20.8. The Kier molecular flexibility index (Phi) is 9.09. The molecule has 4 nitrogen and oxygen atoms in total. The second-order valence-electron chi connectivity index (χ2n) is 15.6. The minimum absolute atomic E-state index is 0.286. The third kappa shape index (κ3) is 6.65. The van der Waals surface area contributed by atoms with E-state index in [4.69, 9.17) is 4.74 Å². The average molecular weight is 784 g/mol. The van der Waals surface area contributed by atoms with Crippen LogP contribution in [0.3, 0.4) is 0 Å². The highest BCUT2D eigenvalue weighted by molar-refractivity contribution is 6.10. The van der Waals surface area contributed by atoms with Crippen molar-refractivity contribution in [3.05, 3.63) is 236 Å². The molecule has 61 heavy (non-hydrogen) atoms. The van der Waals surface area contributed by atoms with E-state index in [0.717, 1.165) is 22.4 Å². The zero-order valence-corrected chi connectivity index (χ0v) is 33.7. The maximum atomic E-state index is 6.34. The third-order valence-corrected chi connectivity index (χ3v) is 11.9. The summed E-state index contributed by atoms with van der Waals surface area (Å²) < 4.78 is 8.73. The van der Waals surface area contributed by atoms with Crippen molar-refractivity contribution < 1.29 is 4.74 Å². The second kappa shape index (κ2) is 15.3. The largest absolute Gasteiger partial charge is 0.446 e. The molecule has 10 aromatic rings. The van der Waals surface area contributed by atoms with Gasteiger partial charge in [0.05, 0.1) is 11.0 Å². The molecule has 0 radical (unpaired) electrons. The SMILES string of the molecule is CN1N=C(c2ccccc2)OC1c1ccc(-c2ccccc2-c2ccccc2-c2ccc(-n3c4ccccc4c4cc(-c5cccc(-c6ccccc6)c5)ccc43)cc2)cc1. The number of benzene rings is 9. The van der Waals surface area contributed by atoms with E-state index < -0.39 is 0 Å². The summed E-state index contributed by atoms with van der Waals surface area (Å²) in [6.45, 7) is 0. The van der Waals surface area contributed by atoms with Gasteiger partial charge in [-0.05, 0) is 104 Å². The number of aromatic nitrogens is 1. The van der Waals surface area contributed by atoms with Gasteiger partial charge in [0.2, 0.25) is 12.1 Å². The van der Waals surface area contributed by atoms with Crippen LogP contribution in [0.1, 0.15) is 17.4 Å². The fourth-order valence-electron chi connectivity index (χ4n) is 8.89. The molecule has 11 rings (SSSR count). The van der Waals surface area contributed by atoms with E-state index >= 15 is 0 Å². The number of hydrazone groups is 1. The van der Waals surface area contributed by atoms with Crippen molar-refractivity contribution in [1.29, 1.82) is 0 Å². The summed E-state index contributed by atoms with van der Waals surface area (Å²) in [7, 11) is 1.96. The summed E-state index contributed by atoms with van der Waals surface area (Å²) in [5, 5.41) is 9.05. The Morgan fingerprint density at radius 1 is 0.377 bits per heavy atom. The summed E-state index contributed by atoms with van der Waals surface area (Å²) in [5.41, 5.74) is 17.4. The molecular weight excluding hydrogens is 743 g/mol. The van der Waals surface area contributed by atoms with Gasteiger partial charge in [-0.15, -0.1) is 5.10 Å². The van der Waals surface area contributed by atoms with Crippen LogP contribution < -0.4 is 0 Å². The number of nitrogens with zero attached hydrogens (tertiary/aromatic N) is 3. The molecule has 2 heterocycles. The molecular formula is C57H41N3O. The van der Waals surface area contributed by atoms with Crippen LogP contribution in [-0.4, -0.2) is 22.5 Å². The molecule has 1 aliphatic rings. The topological polar surface area (TPSA) is 29.8 Å². The first kappa shape index (κ1) is 36.2. The lowest BCUT2D eigenvalue weighted by Gasteiger charge is -2.19. The molecule has 4 heteroatoms. The van der Waals surface area contributed by atoms with Crippen LogP contribution in [0.2, 0.25) is 0 Å². The molecule has 0 N–H and O–H groups in total. The number of hydrogen-bond donors (Lipinski definition) is 0. The Balaban J connectivity index is 0.906. The van der Waals surface area contributed by atoms with Crippen molar-refractivity contribution in [1.82, 2.24) is 9.58 Å². The Hall–Kier alpha value is -7.95. The predicted octanol–water partition coefficient (Wildman–Crippen LogP) is 14.4. The second-order valence-corrected chi connectivity index (χ2v) is 15.6. The van der Waals surface area contributed by atoms with Crippen molar-refractivity contribution >= 4 is 27.7 Å². The normalized spacial score (nSPS) is 13.7. The predicted molar refractivity (Wildman–Crippen MR) is 253 cm³/mol. The van der Waals surface area contributed by atoms with E-state index in [2.05, 4.69) is 204 Å². The number of fused-ring (bicyclic) bond motifs is 3. The first-order valence-corrected chi connectivity index (χ1v) is 20.8. The third-order valence-electron chi connectivity index (χ3n) is 11.9. The van der Waals surface area contributed by atoms with Crippen molar-refractivity contribution in [3.63, 3.8) is 0 Å². The summed E-state index contributed by atoms with van der Waals surface area (Å²) in [5.74, 6) is 0.637. The van der Waals surface area contributed by atoms with Crippen LogP contribution >= 0.6 is 0 Å². The zero-order valence-electron chi connectivity index (χ0n) is 33.7. The lowest BCUT2D eigenvalue weighted by atomic mass is 9.89. The molecule has 0 saturated carbocycles. The van der Waals surface area contributed by atoms with E-state index in [1.54, 1.807) is 0 Å². The molecule has 0 spiro atoms. The van der Waals surface area contributed by atoms with E-state index in [9.17, 15) is 0 Å². The molecule has 1 unspecified atom stereocenters. The molecule has 290 valence electrons. The van der Waals surface area contributed by atoms with Gasteiger partial charge in [0.25, 0.3) is 0 Å². The molecule has 0 amide bonds. The molecule has 0 aliphatic carbocycles.